The number of hydrogen-bond acceptors (Lipinski definition) is 6. The Bertz CT molecular complexity index is 592. The number of rotatable bonds is 4. The molecular formula is C18H30N6O2. The molecule has 2 fully saturated rings. The van der Waals surface area contributed by atoms with Crippen molar-refractivity contribution >= 4 is 17.7 Å². The molecule has 0 aliphatic carbocycles. The molecule has 0 atom stereocenters. The summed E-state index contributed by atoms with van der Waals surface area (Å²) in [6.45, 7) is 7.42. The summed E-state index contributed by atoms with van der Waals surface area (Å²) in [4.78, 5) is 27.3. The van der Waals surface area contributed by atoms with Crippen molar-refractivity contribution in [2.75, 3.05) is 63.7 Å². The third-order valence-corrected chi connectivity index (χ3v) is 5.61. The van der Waals surface area contributed by atoms with Crippen molar-refractivity contribution in [3.8, 4) is 0 Å². The number of piperidine rings is 1. The van der Waals surface area contributed by atoms with Gasteiger partial charge in [-0.3, -0.25) is 4.90 Å². The Kier molecular flexibility index (Phi) is 5.93. The molecule has 0 aromatic carbocycles. The monoisotopic (exact) mass is 362 g/mol. The smallest absolute Gasteiger partial charge is 0.321 e. The number of ether oxygens (including phenoxy) is 1. The minimum Gasteiger partial charge on any atom is -0.379 e. The first-order valence-corrected chi connectivity index (χ1v) is 9.42. The lowest BCUT2D eigenvalue weighted by Crippen LogP contribution is -2.59. The quantitative estimate of drug-likeness (QED) is 0.878. The molecule has 2 amide bonds. The molecule has 1 aromatic heterocycles. The molecule has 0 unspecified atom stereocenters. The van der Waals surface area contributed by atoms with Crippen LogP contribution in [0.15, 0.2) is 12.4 Å². The molecule has 3 heterocycles. The lowest BCUT2D eigenvalue weighted by molar-refractivity contribution is -0.0449. The van der Waals surface area contributed by atoms with E-state index in [1.165, 1.54) is 0 Å². The van der Waals surface area contributed by atoms with Gasteiger partial charge in [-0.1, -0.05) is 6.92 Å². The average molecular weight is 362 g/mol. The summed E-state index contributed by atoms with van der Waals surface area (Å²) in [5.41, 5.74) is 0.831. The minimum absolute atomic E-state index is 0.0714. The van der Waals surface area contributed by atoms with E-state index >= 15 is 0 Å². The molecule has 0 saturated carbocycles. The molecule has 2 aliphatic rings. The maximum Gasteiger partial charge on any atom is 0.321 e. The Labute approximate surface area is 155 Å². The summed E-state index contributed by atoms with van der Waals surface area (Å²) < 4.78 is 5.50. The van der Waals surface area contributed by atoms with Crippen LogP contribution in [0.1, 0.15) is 26.2 Å². The van der Waals surface area contributed by atoms with Crippen molar-refractivity contribution in [2.45, 2.75) is 31.7 Å². The van der Waals surface area contributed by atoms with E-state index in [1.807, 2.05) is 23.9 Å². The zero-order valence-electron chi connectivity index (χ0n) is 16.1. The highest BCUT2D eigenvalue weighted by Crippen LogP contribution is 2.33. The lowest BCUT2D eigenvalue weighted by Gasteiger charge is -2.49. The van der Waals surface area contributed by atoms with E-state index < -0.39 is 0 Å². The number of amides is 2. The number of anilines is 2. The van der Waals surface area contributed by atoms with E-state index in [0.717, 1.165) is 58.7 Å². The third-order valence-electron chi connectivity index (χ3n) is 5.61. The van der Waals surface area contributed by atoms with Crippen LogP contribution in [0.2, 0.25) is 0 Å². The Morgan fingerprint density at radius 1 is 1.19 bits per heavy atom. The highest BCUT2D eigenvalue weighted by atomic mass is 16.5. The first kappa shape index (κ1) is 18.8. The Hall–Kier alpha value is -1.93. The Morgan fingerprint density at radius 2 is 1.81 bits per heavy atom. The predicted molar refractivity (Wildman–Crippen MR) is 102 cm³/mol. The summed E-state index contributed by atoms with van der Waals surface area (Å²) >= 11 is 0. The fourth-order valence-electron chi connectivity index (χ4n) is 3.88. The summed E-state index contributed by atoms with van der Waals surface area (Å²) in [5.74, 6) is 0.624. The molecule has 2 saturated heterocycles. The van der Waals surface area contributed by atoms with Crippen molar-refractivity contribution < 1.29 is 9.53 Å². The molecule has 0 spiro atoms. The Balaban J connectivity index is 1.55. The van der Waals surface area contributed by atoms with E-state index in [-0.39, 0.29) is 11.6 Å². The largest absolute Gasteiger partial charge is 0.379 e. The van der Waals surface area contributed by atoms with Gasteiger partial charge in [0.05, 0.1) is 31.3 Å². The van der Waals surface area contributed by atoms with Crippen molar-refractivity contribution in [2.24, 2.45) is 0 Å². The van der Waals surface area contributed by atoms with Gasteiger partial charge in [-0.2, -0.15) is 0 Å². The SMILES string of the molecule is CCC1(N2CCOCC2)CCN(C(=O)Nc2cnc(N(C)C)nc2)CC1. The van der Waals surface area contributed by atoms with Crippen molar-refractivity contribution in [3.05, 3.63) is 12.4 Å². The molecule has 1 aromatic rings. The van der Waals surface area contributed by atoms with Gasteiger partial charge in [-0.25, -0.2) is 14.8 Å². The molecular weight excluding hydrogens is 332 g/mol. The van der Waals surface area contributed by atoms with E-state index in [4.69, 9.17) is 4.74 Å². The standard InChI is InChI=1S/C18H30N6O2/c1-4-18(24-9-11-26-12-10-24)5-7-23(8-6-18)17(25)21-15-13-19-16(20-14-15)22(2)3/h13-14H,4-12H2,1-3H3,(H,21,25). The van der Waals surface area contributed by atoms with E-state index in [2.05, 4.69) is 27.1 Å². The van der Waals surface area contributed by atoms with Gasteiger partial charge in [0.15, 0.2) is 0 Å². The number of aromatic nitrogens is 2. The first-order chi connectivity index (χ1) is 12.5. The zero-order valence-corrected chi connectivity index (χ0v) is 16.1. The lowest BCUT2D eigenvalue weighted by atomic mass is 9.83. The van der Waals surface area contributed by atoms with Gasteiger partial charge in [-0.15, -0.1) is 0 Å². The first-order valence-electron chi connectivity index (χ1n) is 9.42. The normalized spacial score (nSPS) is 20.7. The summed E-state index contributed by atoms with van der Waals surface area (Å²) in [6, 6.07) is -0.0714. The second-order valence-electron chi connectivity index (χ2n) is 7.26. The van der Waals surface area contributed by atoms with Crippen LogP contribution in [-0.4, -0.2) is 84.8 Å². The van der Waals surface area contributed by atoms with E-state index in [9.17, 15) is 4.79 Å². The predicted octanol–water partition coefficient (Wildman–Crippen LogP) is 1.65. The molecule has 26 heavy (non-hydrogen) atoms. The number of nitrogens with zero attached hydrogens (tertiary/aromatic N) is 5. The van der Waals surface area contributed by atoms with Crippen LogP contribution in [0, 0.1) is 0 Å². The summed E-state index contributed by atoms with van der Waals surface area (Å²) in [7, 11) is 3.77. The zero-order chi connectivity index (χ0) is 18.6. The van der Waals surface area contributed by atoms with Crippen LogP contribution in [0.5, 0.6) is 0 Å². The number of urea groups is 1. The van der Waals surface area contributed by atoms with E-state index in [0.29, 0.717) is 11.6 Å². The molecule has 1 N–H and O–H groups in total. The average Bonchev–Trinajstić information content (AvgIpc) is 2.69. The molecule has 3 rings (SSSR count). The number of carbonyl (C=O) groups excluding carboxylic acids is 1. The molecule has 2 aliphatic heterocycles. The van der Waals surface area contributed by atoms with Crippen LogP contribution < -0.4 is 10.2 Å². The molecule has 0 bridgehead atoms. The Morgan fingerprint density at radius 3 is 2.35 bits per heavy atom. The van der Waals surface area contributed by atoms with Gasteiger partial charge in [0.1, 0.15) is 0 Å². The summed E-state index contributed by atoms with van der Waals surface area (Å²) in [6.07, 6.45) is 6.42. The number of nitrogens with one attached hydrogen (secondary N) is 1. The fraction of sp³-hybridized carbons (Fsp3) is 0.722. The number of morpholine rings is 1. The maximum absolute atomic E-state index is 12.6. The van der Waals surface area contributed by atoms with Gasteiger partial charge in [0, 0.05) is 45.8 Å². The van der Waals surface area contributed by atoms with Gasteiger partial charge >= 0.3 is 6.03 Å². The molecule has 8 nitrogen and oxygen atoms in total. The summed E-state index contributed by atoms with van der Waals surface area (Å²) in [5, 5.41) is 2.91. The van der Waals surface area contributed by atoms with Crippen molar-refractivity contribution in [1.82, 2.24) is 19.8 Å². The number of hydrogen-bond donors (Lipinski definition) is 1. The maximum atomic E-state index is 12.6. The van der Waals surface area contributed by atoms with Crippen LogP contribution in [0.4, 0.5) is 16.4 Å². The second kappa shape index (κ2) is 8.18. The van der Waals surface area contributed by atoms with Crippen LogP contribution >= 0.6 is 0 Å². The number of carbonyl (C=O) groups is 1. The van der Waals surface area contributed by atoms with Gasteiger partial charge in [-0.05, 0) is 19.3 Å². The highest BCUT2D eigenvalue weighted by Gasteiger charge is 2.39. The van der Waals surface area contributed by atoms with Crippen LogP contribution in [0.3, 0.4) is 0 Å². The minimum atomic E-state index is -0.0714. The van der Waals surface area contributed by atoms with Crippen LogP contribution in [0.25, 0.3) is 0 Å². The number of likely N-dealkylation sites (tertiary alicyclic amines) is 1. The van der Waals surface area contributed by atoms with Crippen molar-refractivity contribution in [1.29, 1.82) is 0 Å². The van der Waals surface area contributed by atoms with E-state index in [1.54, 1.807) is 12.4 Å². The van der Waals surface area contributed by atoms with Crippen LogP contribution in [-0.2, 0) is 4.74 Å². The molecule has 8 heteroatoms. The topological polar surface area (TPSA) is 73.8 Å². The van der Waals surface area contributed by atoms with Gasteiger partial charge in [0.25, 0.3) is 0 Å². The fourth-order valence-corrected chi connectivity index (χ4v) is 3.88. The third kappa shape index (κ3) is 4.07. The van der Waals surface area contributed by atoms with Crippen molar-refractivity contribution in [3.63, 3.8) is 0 Å². The highest BCUT2D eigenvalue weighted by molar-refractivity contribution is 5.89. The second-order valence-corrected chi connectivity index (χ2v) is 7.26. The van der Waals surface area contributed by atoms with Gasteiger partial charge < -0.3 is 19.9 Å². The molecule has 0 radical (unpaired) electrons. The molecule has 144 valence electrons. The van der Waals surface area contributed by atoms with Gasteiger partial charge in [0.2, 0.25) is 5.95 Å².